The van der Waals surface area contributed by atoms with Crippen molar-refractivity contribution < 1.29 is 36.6 Å². The number of carbonyl (C=O) groups excluding carboxylic acids is 1. The number of carbonyl (C=O) groups is 1. The number of nitrogen functional groups attached to an aromatic ring is 1. The molecule has 2 amide bonds. The lowest BCUT2D eigenvalue weighted by molar-refractivity contribution is -0.137. The average molecular weight is 566 g/mol. The van der Waals surface area contributed by atoms with Gasteiger partial charge in [-0.25, -0.2) is 23.1 Å². The van der Waals surface area contributed by atoms with E-state index < -0.39 is 35.1 Å². The molecule has 0 bridgehead atoms. The number of aliphatic hydroxyl groups excluding tert-OH is 1. The maximum atomic E-state index is 15.2. The number of hydrogen-bond acceptors (Lipinski definition) is 7. The molecular weight excluding hydrogens is 541 g/mol. The molecule has 212 valence electrons. The van der Waals surface area contributed by atoms with Crippen molar-refractivity contribution in [1.29, 1.82) is 0 Å². The van der Waals surface area contributed by atoms with Gasteiger partial charge in [0.1, 0.15) is 23.5 Å². The van der Waals surface area contributed by atoms with Crippen LogP contribution in [-0.4, -0.2) is 46.0 Å². The third kappa shape index (κ3) is 5.95. The molecule has 10 nitrogen and oxygen atoms in total. The molecule has 0 aliphatic heterocycles. The number of nitrogens with one attached hydrogen (secondary N) is 3. The lowest BCUT2D eigenvalue weighted by atomic mass is 10.0. The maximum Gasteiger partial charge on any atom is 0.416 e. The van der Waals surface area contributed by atoms with Crippen molar-refractivity contribution in [3.8, 4) is 11.1 Å². The Morgan fingerprint density at radius 3 is 2.52 bits per heavy atom. The second kappa shape index (κ2) is 11.8. The number of hydrogen-bond donors (Lipinski definition) is 5. The number of nitrogens with two attached hydrogens (primary N) is 1. The molecule has 4 aromatic rings. The minimum absolute atomic E-state index is 0.0967. The van der Waals surface area contributed by atoms with E-state index in [1.807, 2.05) is 5.32 Å². The van der Waals surface area contributed by atoms with Gasteiger partial charge in [-0.2, -0.15) is 18.3 Å². The summed E-state index contributed by atoms with van der Waals surface area (Å²) in [6.07, 6.45) is -3.49. The van der Waals surface area contributed by atoms with Crippen molar-refractivity contribution in [3.05, 3.63) is 71.2 Å². The Labute approximate surface area is 224 Å². The molecule has 4 rings (SSSR count). The summed E-state index contributed by atoms with van der Waals surface area (Å²) >= 11 is 0. The van der Waals surface area contributed by atoms with Crippen molar-refractivity contribution in [3.63, 3.8) is 0 Å². The quantitative estimate of drug-likeness (QED) is 0.152. The Morgan fingerprint density at radius 2 is 1.85 bits per heavy atom. The van der Waals surface area contributed by atoms with E-state index in [1.165, 1.54) is 30.1 Å². The summed E-state index contributed by atoms with van der Waals surface area (Å²) in [5.41, 5.74) is 6.39. The molecule has 2 heterocycles. The van der Waals surface area contributed by atoms with E-state index in [0.29, 0.717) is 52.6 Å². The summed E-state index contributed by atoms with van der Waals surface area (Å²) in [5, 5.41) is 20.6. The lowest BCUT2D eigenvalue weighted by Gasteiger charge is -2.13. The summed E-state index contributed by atoms with van der Waals surface area (Å²) in [6.45, 7) is 0.573. The molecular formula is C25H24F5N7O3. The van der Waals surface area contributed by atoms with Crippen LogP contribution in [0.2, 0.25) is 0 Å². The summed E-state index contributed by atoms with van der Waals surface area (Å²) in [5.74, 6) is -1.88. The molecule has 0 aliphatic carbocycles. The first kappa shape index (κ1) is 28.7. The number of nitrogens with zero attached hydrogens (tertiary/aromatic N) is 3. The second-order valence-corrected chi connectivity index (χ2v) is 8.51. The van der Waals surface area contributed by atoms with E-state index in [4.69, 9.17) is 15.6 Å². The number of urea groups is 1. The van der Waals surface area contributed by atoms with Crippen LogP contribution in [0, 0.1) is 11.6 Å². The minimum Gasteiger partial charge on any atom is -0.395 e. The van der Waals surface area contributed by atoms with Crippen molar-refractivity contribution in [1.82, 2.24) is 19.9 Å². The first-order valence-electron chi connectivity index (χ1n) is 11.7. The smallest absolute Gasteiger partial charge is 0.395 e. The van der Waals surface area contributed by atoms with Crippen molar-refractivity contribution in [2.45, 2.75) is 19.3 Å². The minimum atomic E-state index is -4.75. The van der Waals surface area contributed by atoms with E-state index in [2.05, 4.69) is 20.7 Å². The fraction of sp³-hybridized carbons (Fsp3) is 0.240. The molecule has 0 unspecified atom stereocenters. The van der Waals surface area contributed by atoms with E-state index in [1.54, 1.807) is 0 Å². The van der Waals surface area contributed by atoms with Gasteiger partial charge in [-0.1, -0.05) is 6.07 Å². The van der Waals surface area contributed by atoms with E-state index >= 15 is 4.39 Å². The van der Waals surface area contributed by atoms with E-state index in [9.17, 15) is 22.4 Å². The summed E-state index contributed by atoms with van der Waals surface area (Å²) < 4.78 is 75.0. The average Bonchev–Trinajstić information content (AvgIpc) is 3.20. The highest BCUT2D eigenvalue weighted by Crippen LogP contribution is 2.37. The van der Waals surface area contributed by atoms with Gasteiger partial charge in [0.15, 0.2) is 5.82 Å². The first-order chi connectivity index (χ1) is 19.0. The lowest BCUT2D eigenvalue weighted by Crippen LogP contribution is -2.21. The highest BCUT2D eigenvalue weighted by atomic mass is 19.4. The van der Waals surface area contributed by atoms with Crippen molar-refractivity contribution in [2.24, 2.45) is 0 Å². The van der Waals surface area contributed by atoms with Crippen LogP contribution in [0.25, 0.3) is 16.6 Å². The van der Waals surface area contributed by atoms with Crippen LogP contribution in [-0.2, 0) is 24.1 Å². The number of rotatable bonds is 9. The molecule has 0 fully saturated rings. The van der Waals surface area contributed by atoms with Crippen LogP contribution in [0.5, 0.6) is 0 Å². The van der Waals surface area contributed by atoms with Crippen molar-refractivity contribution >= 4 is 28.7 Å². The SMILES string of the molecule is COCc1c(-c2ccc(NC(=O)Nc3cc(C(F)(F)F)ccc3F)c(F)c2)c2c(N)ncnn2c1CNCCO. The molecule has 40 heavy (non-hydrogen) atoms. The topological polar surface area (TPSA) is 139 Å². The highest BCUT2D eigenvalue weighted by molar-refractivity contribution is 6.00. The summed E-state index contributed by atoms with van der Waals surface area (Å²) in [4.78, 5) is 16.4. The molecule has 0 radical (unpaired) electrons. The standard InChI is InChI=1S/C25H24F5N7O3/c1-40-11-15-20(10-32-6-7-38)37-22(23(31)33-12-34-37)21(15)13-2-5-18(17(27)8-13)35-24(39)36-19-9-14(25(28,29)30)3-4-16(19)26/h2-5,8-9,12,32,38H,6-7,10-11H2,1H3,(H2,31,33,34)(H2,35,36,39). The molecule has 2 aromatic heterocycles. The number of halogens is 5. The predicted molar refractivity (Wildman–Crippen MR) is 136 cm³/mol. The van der Waals surface area contributed by atoms with Crippen LogP contribution in [0.15, 0.2) is 42.7 Å². The Hall–Kier alpha value is -4.34. The fourth-order valence-corrected chi connectivity index (χ4v) is 4.14. The fourth-order valence-electron chi connectivity index (χ4n) is 4.14. The molecule has 0 atom stereocenters. The van der Waals surface area contributed by atoms with Gasteiger partial charge in [-0.05, 0) is 35.9 Å². The van der Waals surface area contributed by atoms with Crippen LogP contribution >= 0.6 is 0 Å². The number of benzene rings is 2. The number of methoxy groups -OCH3 is 1. The molecule has 0 spiro atoms. The zero-order valence-electron chi connectivity index (χ0n) is 20.9. The van der Waals surface area contributed by atoms with Gasteiger partial charge < -0.3 is 31.5 Å². The van der Waals surface area contributed by atoms with Crippen molar-refractivity contribution in [2.75, 3.05) is 36.6 Å². The Morgan fingerprint density at radius 1 is 1.10 bits per heavy atom. The molecule has 0 aliphatic rings. The van der Waals surface area contributed by atoms with Crippen LogP contribution in [0.4, 0.5) is 43.9 Å². The zero-order chi connectivity index (χ0) is 29.0. The molecule has 0 saturated heterocycles. The van der Waals surface area contributed by atoms with Gasteiger partial charge in [-0.15, -0.1) is 0 Å². The number of amides is 2. The number of fused-ring (bicyclic) bond motifs is 1. The monoisotopic (exact) mass is 565 g/mol. The normalized spacial score (nSPS) is 11.7. The van der Waals surface area contributed by atoms with Crippen LogP contribution in [0.3, 0.4) is 0 Å². The second-order valence-electron chi connectivity index (χ2n) is 8.51. The number of anilines is 3. The third-order valence-corrected chi connectivity index (χ3v) is 5.88. The van der Waals surface area contributed by atoms with Crippen LogP contribution in [0.1, 0.15) is 16.8 Å². The van der Waals surface area contributed by atoms with Gasteiger partial charge in [0, 0.05) is 31.3 Å². The van der Waals surface area contributed by atoms with Crippen LogP contribution < -0.4 is 21.7 Å². The van der Waals surface area contributed by atoms with Gasteiger partial charge in [0.05, 0.1) is 35.8 Å². The van der Waals surface area contributed by atoms with Gasteiger partial charge >= 0.3 is 12.2 Å². The zero-order valence-corrected chi connectivity index (χ0v) is 20.9. The third-order valence-electron chi connectivity index (χ3n) is 5.88. The van der Waals surface area contributed by atoms with Gasteiger partial charge in [0.25, 0.3) is 0 Å². The van der Waals surface area contributed by atoms with E-state index in [-0.39, 0.29) is 31.3 Å². The Balaban J connectivity index is 1.66. The number of alkyl halides is 3. The first-order valence-corrected chi connectivity index (χ1v) is 11.7. The number of ether oxygens (including phenoxy) is 1. The van der Waals surface area contributed by atoms with Gasteiger partial charge in [0.2, 0.25) is 0 Å². The van der Waals surface area contributed by atoms with Gasteiger partial charge in [-0.3, -0.25) is 0 Å². The largest absolute Gasteiger partial charge is 0.416 e. The molecule has 6 N–H and O–H groups in total. The number of aromatic nitrogens is 3. The highest BCUT2D eigenvalue weighted by Gasteiger charge is 2.31. The predicted octanol–water partition coefficient (Wildman–Crippen LogP) is 4.15. The summed E-state index contributed by atoms with van der Waals surface area (Å²) in [7, 11) is 1.48. The maximum absolute atomic E-state index is 15.2. The Bertz CT molecular complexity index is 1540. The Kier molecular flexibility index (Phi) is 8.46. The molecule has 15 heteroatoms. The van der Waals surface area contributed by atoms with E-state index in [0.717, 1.165) is 6.07 Å². The molecule has 2 aromatic carbocycles. The molecule has 0 saturated carbocycles. The number of aliphatic hydroxyl groups is 1. The summed E-state index contributed by atoms with van der Waals surface area (Å²) in [6, 6.07) is 4.21.